The average molecular weight is 329 g/mol. The first-order chi connectivity index (χ1) is 9.82. The predicted molar refractivity (Wildman–Crippen MR) is 74.0 cm³/mol. The monoisotopic (exact) mass is 329 g/mol. The molecule has 11 heteroatoms. The summed E-state index contributed by atoms with van der Waals surface area (Å²) in [7, 11) is -4.13. The molecule has 0 saturated carbocycles. The van der Waals surface area contributed by atoms with Gasteiger partial charge in [0.25, 0.3) is 10.0 Å². The molecule has 1 saturated heterocycles. The number of hydrogen-bond acceptors (Lipinski definition) is 7. The van der Waals surface area contributed by atoms with Gasteiger partial charge in [-0.25, -0.2) is 13.4 Å². The highest BCUT2D eigenvalue weighted by molar-refractivity contribution is 7.89. The van der Waals surface area contributed by atoms with E-state index in [-0.39, 0.29) is 10.8 Å². The highest BCUT2D eigenvalue weighted by Crippen LogP contribution is 2.27. The zero-order chi connectivity index (χ0) is 15.4. The molecule has 112 valence electrons. The number of nitrogens with two attached hydrogens (primary N) is 1. The molecule has 2 aromatic rings. The number of imidazole rings is 1. The van der Waals surface area contributed by atoms with E-state index in [9.17, 15) is 18.0 Å². The Morgan fingerprint density at radius 2 is 2.19 bits per heavy atom. The number of hydrogen-bond donors (Lipinski definition) is 2. The standard InChI is InChI=1S/C10H11N5O4S2/c1-5-8(17)12-6(16)4-15(5)21(18,19)9-7(11)13-10-14(9)2-3-20-10/h2-3,5H,4,11H2,1H3,(H,12,16,17). The Morgan fingerprint density at radius 1 is 1.48 bits per heavy atom. The van der Waals surface area contributed by atoms with Gasteiger partial charge in [-0.05, 0) is 6.92 Å². The van der Waals surface area contributed by atoms with Crippen LogP contribution in [0.15, 0.2) is 16.6 Å². The molecule has 1 fully saturated rings. The maximum atomic E-state index is 12.7. The summed E-state index contributed by atoms with van der Waals surface area (Å²) in [6.45, 7) is 0.966. The molecular formula is C10H11N5O4S2. The second-order valence-corrected chi connectivity index (χ2v) is 7.18. The van der Waals surface area contributed by atoms with E-state index in [2.05, 4.69) is 10.3 Å². The van der Waals surface area contributed by atoms with Crippen molar-refractivity contribution >= 4 is 44.0 Å². The lowest BCUT2D eigenvalue weighted by Crippen LogP contribution is -2.58. The minimum Gasteiger partial charge on any atom is -0.381 e. The fraction of sp³-hybridized carbons (Fsp3) is 0.300. The molecule has 1 aliphatic rings. The van der Waals surface area contributed by atoms with Gasteiger partial charge in [0, 0.05) is 11.6 Å². The number of carbonyl (C=O) groups excluding carboxylic acids is 2. The molecule has 0 aliphatic carbocycles. The van der Waals surface area contributed by atoms with Gasteiger partial charge in [-0.2, -0.15) is 4.31 Å². The lowest BCUT2D eigenvalue weighted by Gasteiger charge is -2.30. The molecule has 2 amide bonds. The third-order valence-electron chi connectivity index (χ3n) is 3.17. The fourth-order valence-electron chi connectivity index (χ4n) is 2.13. The molecule has 1 unspecified atom stereocenters. The number of rotatable bonds is 2. The van der Waals surface area contributed by atoms with Gasteiger partial charge in [-0.3, -0.25) is 19.3 Å². The summed E-state index contributed by atoms with van der Waals surface area (Å²) in [6.07, 6.45) is 1.52. The van der Waals surface area contributed by atoms with Crippen molar-refractivity contribution in [3.05, 3.63) is 11.6 Å². The van der Waals surface area contributed by atoms with Crippen LogP contribution in [0.2, 0.25) is 0 Å². The summed E-state index contributed by atoms with van der Waals surface area (Å²) in [5.74, 6) is -1.50. The Kier molecular flexibility index (Phi) is 3.00. The van der Waals surface area contributed by atoms with Gasteiger partial charge in [0.15, 0.2) is 15.8 Å². The highest BCUT2D eigenvalue weighted by Gasteiger charge is 2.41. The Labute approximate surface area is 123 Å². The summed E-state index contributed by atoms with van der Waals surface area (Å²) in [5, 5.41) is 3.52. The SMILES string of the molecule is CC1C(=O)NC(=O)CN1S(=O)(=O)c1c(N)nc2sccn12. The maximum absolute atomic E-state index is 12.7. The number of nitrogens with one attached hydrogen (secondary N) is 1. The van der Waals surface area contributed by atoms with Crippen LogP contribution in [0.1, 0.15) is 6.92 Å². The van der Waals surface area contributed by atoms with Crippen molar-refractivity contribution in [2.75, 3.05) is 12.3 Å². The average Bonchev–Trinajstić information content (AvgIpc) is 2.92. The Morgan fingerprint density at radius 3 is 2.90 bits per heavy atom. The topological polar surface area (TPSA) is 127 Å². The second kappa shape index (κ2) is 4.51. The largest absolute Gasteiger partial charge is 0.381 e. The van der Waals surface area contributed by atoms with Gasteiger partial charge in [0.1, 0.15) is 6.04 Å². The van der Waals surface area contributed by atoms with E-state index in [1.54, 1.807) is 5.38 Å². The molecule has 3 N–H and O–H groups in total. The van der Waals surface area contributed by atoms with E-state index in [1.165, 1.54) is 28.9 Å². The van der Waals surface area contributed by atoms with E-state index >= 15 is 0 Å². The third-order valence-corrected chi connectivity index (χ3v) is 5.88. The van der Waals surface area contributed by atoms with Crippen LogP contribution in [-0.4, -0.2) is 46.5 Å². The van der Waals surface area contributed by atoms with Crippen molar-refractivity contribution in [2.24, 2.45) is 0 Å². The van der Waals surface area contributed by atoms with Crippen molar-refractivity contribution in [3.63, 3.8) is 0 Å². The highest BCUT2D eigenvalue weighted by atomic mass is 32.2. The Hall–Kier alpha value is -1.98. The lowest BCUT2D eigenvalue weighted by molar-refractivity contribution is -0.136. The molecule has 0 spiro atoms. The third kappa shape index (κ3) is 2.01. The number of aromatic nitrogens is 2. The van der Waals surface area contributed by atoms with Crippen LogP contribution in [0.4, 0.5) is 5.82 Å². The number of imide groups is 1. The zero-order valence-electron chi connectivity index (χ0n) is 10.8. The van der Waals surface area contributed by atoms with Gasteiger partial charge in [0.2, 0.25) is 11.8 Å². The molecule has 2 aromatic heterocycles. The van der Waals surface area contributed by atoms with Crippen molar-refractivity contribution in [1.29, 1.82) is 0 Å². The molecule has 0 aromatic carbocycles. The number of nitrogen functional groups attached to an aromatic ring is 1. The molecular weight excluding hydrogens is 318 g/mol. The number of amides is 2. The van der Waals surface area contributed by atoms with Gasteiger partial charge in [-0.15, -0.1) is 11.3 Å². The number of carbonyl (C=O) groups is 2. The summed E-state index contributed by atoms with van der Waals surface area (Å²) in [5.41, 5.74) is 5.69. The molecule has 1 atom stereocenters. The summed E-state index contributed by atoms with van der Waals surface area (Å²) in [4.78, 5) is 27.5. The van der Waals surface area contributed by atoms with Gasteiger partial charge in [-0.1, -0.05) is 0 Å². The predicted octanol–water partition coefficient (Wildman–Crippen LogP) is -0.986. The molecule has 0 bridgehead atoms. The quantitative estimate of drug-likeness (QED) is 0.681. The van der Waals surface area contributed by atoms with Crippen LogP contribution < -0.4 is 11.1 Å². The molecule has 3 rings (SSSR count). The normalized spacial score (nSPS) is 20.9. The minimum absolute atomic E-state index is 0.160. The van der Waals surface area contributed by atoms with Crippen LogP contribution in [-0.2, 0) is 19.6 Å². The maximum Gasteiger partial charge on any atom is 0.264 e. The van der Waals surface area contributed by atoms with E-state index in [0.29, 0.717) is 4.96 Å². The zero-order valence-corrected chi connectivity index (χ0v) is 12.4. The van der Waals surface area contributed by atoms with Gasteiger partial charge < -0.3 is 5.73 Å². The number of nitrogens with zero attached hydrogens (tertiary/aromatic N) is 3. The second-order valence-electron chi connectivity index (χ2n) is 4.50. The van der Waals surface area contributed by atoms with Crippen LogP contribution in [0.3, 0.4) is 0 Å². The summed E-state index contributed by atoms with van der Waals surface area (Å²) < 4.78 is 27.6. The van der Waals surface area contributed by atoms with Crippen LogP contribution in [0, 0.1) is 0 Å². The minimum atomic E-state index is -4.13. The van der Waals surface area contributed by atoms with E-state index < -0.39 is 34.4 Å². The van der Waals surface area contributed by atoms with Gasteiger partial charge >= 0.3 is 0 Å². The number of anilines is 1. The number of thiazole rings is 1. The van der Waals surface area contributed by atoms with Crippen LogP contribution in [0.5, 0.6) is 0 Å². The molecule has 9 nitrogen and oxygen atoms in total. The van der Waals surface area contributed by atoms with E-state index in [4.69, 9.17) is 5.73 Å². The van der Waals surface area contributed by atoms with Crippen molar-refractivity contribution in [2.45, 2.75) is 18.0 Å². The van der Waals surface area contributed by atoms with Crippen molar-refractivity contribution in [3.8, 4) is 0 Å². The lowest BCUT2D eigenvalue weighted by atomic mass is 10.2. The Balaban J connectivity index is 2.16. The molecule has 21 heavy (non-hydrogen) atoms. The number of piperazine rings is 1. The molecule has 3 heterocycles. The Bertz CT molecular complexity index is 852. The molecule has 0 radical (unpaired) electrons. The van der Waals surface area contributed by atoms with Crippen LogP contribution in [0.25, 0.3) is 4.96 Å². The summed E-state index contributed by atoms with van der Waals surface area (Å²) in [6, 6.07) is -1.00. The van der Waals surface area contributed by atoms with Crippen molar-refractivity contribution in [1.82, 2.24) is 19.0 Å². The number of fused-ring (bicyclic) bond motifs is 1. The molecule has 1 aliphatic heterocycles. The first-order valence-electron chi connectivity index (χ1n) is 5.89. The summed E-state index contributed by atoms with van der Waals surface area (Å²) >= 11 is 1.23. The van der Waals surface area contributed by atoms with Crippen molar-refractivity contribution < 1.29 is 18.0 Å². The van der Waals surface area contributed by atoms with Gasteiger partial charge in [0.05, 0.1) is 6.54 Å². The smallest absolute Gasteiger partial charge is 0.264 e. The first kappa shape index (κ1) is 14.0. The van der Waals surface area contributed by atoms with E-state index in [1.807, 2.05) is 0 Å². The van der Waals surface area contributed by atoms with E-state index in [0.717, 1.165) is 4.31 Å². The van der Waals surface area contributed by atoms with Crippen LogP contribution >= 0.6 is 11.3 Å². The fourth-order valence-corrected chi connectivity index (χ4v) is 4.64. The number of sulfonamides is 1. The first-order valence-corrected chi connectivity index (χ1v) is 8.21.